The maximum Gasteiger partial charge on any atom is -0.0188 e. The molecule has 3 atom stereocenters. The average molecular weight is 246 g/mol. The van der Waals surface area contributed by atoms with Crippen molar-refractivity contribution in [2.24, 2.45) is 17.8 Å². The molecule has 0 aliphatic heterocycles. The molecule has 0 radical (unpaired) electrons. The largest absolute Gasteiger partial charge is 0.0842 e. The van der Waals surface area contributed by atoms with Gasteiger partial charge in [0, 0.05) is 0 Å². The fourth-order valence-corrected chi connectivity index (χ4v) is 2.65. The van der Waals surface area contributed by atoms with E-state index in [1.807, 2.05) is 0 Å². The standard InChI is InChI=1S/C18H30/c1-6-9-14(2)17(5)15(3)12-13-18-11-8-7-10-16(18)4/h8,11-14,16-17H,6-7,9-10H2,1-5H3/b15-12-,18-13-. The lowest BCUT2D eigenvalue weighted by molar-refractivity contribution is 0.407. The molecule has 0 saturated carbocycles. The lowest BCUT2D eigenvalue weighted by atomic mass is 9.85. The van der Waals surface area contributed by atoms with E-state index in [9.17, 15) is 0 Å². The Balaban J connectivity index is 2.68. The fraction of sp³-hybridized carbons (Fsp3) is 0.667. The fourth-order valence-electron chi connectivity index (χ4n) is 2.65. The van der Waals surface area contributed by atoms with Crippen molar-refractivity contribution in [2.75, 3.05) is 0 Å². The van der Waals surface area contributed by atoms with Gasteiger partial charge in [-0.25, -0.2) is 0 Å². The third-order valence-electron chi connectivity index (χ3n) is 4.50. The summed E-state index contributed by atoms with van der Waals surface area (Å²) in [6.45, 7) is 11.6. The lowest BCUT2D eigenvalue weighted by Gasteiger charge is -2.20. The van der Waals surface area contributed by atoms with E-state index in [1.54, 1.807) is 0 Å². The summed E-state index contributed by atoms with van der Waals surface area (Å²) in [5.74, 6) is 2.22. The first-order chi connectivity index (χ1) is 8.56. The van der Waals surface area contributed by atoms with Crippen LogP contribution in [0.4, 0.5) is 0 Å². The molecule has 102 valence electrons. The molecule has 3 unspecified atom stereocenters. The molecule has 0 aromatic carbocycles. The predicted molar refractivity (Wildman–Crippen MR) is 82.6 cm³/mol. The molecule has 0 N–H and O–H groups in total. The monoisotopic (exact) mass is 246 g/mol. The van der Waals surface area contributed by atoms with Gasteiger partial charge in [0.15, 0.2) is 0 Å². The predicted octanol–water partition coefficient (Wildman–Crippen LogP) is 5.92. The smallest absolute Gasteiger partial charge is 0.0188 e. The molecule has 0 bridgehead atoms. The van der Waals surface area contributed by atoms with Gasteiger partial charge >= 0.3 is 0 Å². The molecule has 0 heterocycles. The maximum absolute atomic E-state index is 2.38. The number of allylic oxidation sites excluding steroid dienone is 6. The molecule has 0 aromatic rings. The van der Waals surface area contributed by atoms with Gasteiger partial charge in [-0.2, -0.15) is 0 Å². The Morgan fingerprint density at radius 2 is 2.17 bits per heavy atom. The molecule has 0 fully saturated rings. The van der Waals surface area contributed by atoms with Crippen LogP contribution in [0.25, 0.3) is 0 Å². The summed E-state index contributed by atoms with van der Waals surface area (Å²) in [4.78, 5) is 0. The van der Waals surface area contributed by atoms with Crippen LogP contribution in [0.3, 0.4) is 0 Å². The van der Waals surface area contributed by atoms with Crippen LogP contribution >= 0.6 is 0 Å². The van der Waals surface area contributed by atoms with Crippen molar-refractivity contribution < 1.29 is 0 Å². The number of hydrogen-bond acceptors (Lipinski definition) is 0. The zero-order chi connectivity index (χ0) is 13.5. The quantitative estimate of drug-likeness (QED) is 0.565. The van der Waals surface area contributed by atoms with Gasteiger partial charge in [0.25, 0.3) is 0 Å². The van der Waals surface area contributed by atoms with E-state index in [1.165, 1.54) is 36.8 Å². The van der Waals surface area contributed by atoms with Crippen molar-refractivity contribution in [3.8, 4) is 0 Å². The molecule has 1 aliphatic carbocycles. The molecule has 0 saturated heterocycles. The van der Waals surface area contributed by atoms with E-state index < -0.39 is 0 Å². The Morgan fingerprint density at radius 1 is 1.44 bits per heavy atom. The SMILES string of the molecule is CCCC(C)C(C)/C(C)=C\C=C1\C=CCCC1C. The average Bonchev–Trinajstić information content (AvgIpc) is 2.36. The molecular weight excluding hydrogens is 216 g/mol. The van der Waals surface area contributed by atoms with Crippen molar-refractivity contribution in [2.45, 2.75) is 60.3 Å². The first-order valence-corrected chi connectivity index (χ1v) is 7.61. The van der Waals surface area contributed by atoms with Gasteiger partial charge in [-0.05, 0) is 43.1 Å². The van der Waals surface area contributed by atoms with Crippen molar-refractivity contribution in [1.82, 2.24) is 0 Å². The summed E-state index contributed by atoms with van der Waals surface area (Å²) >= 11 is 0. The maximum atomic E-state index is 2.38. The molecule has 0 spiro atoms. The van der Waals surface area contributed by atoms with E-state index in [0.717, 1.165) is 11.8 Å². The van der Waals surface area contributed by atoms with Crippen LogP contribution in [0.1, 0.15) is 60.3 Å². The molecule has 0 nitrogen and oxygen atoms in total. The highest BCUT2D eigenvalue weighted by atomic mass is 14.2. The van der Waals surface area contributed by atoms with E-state index in [0.29, 0.717) is 5.92 Å². The summed E-state index contributed by atoms with van der Waals surface area (Å²) in [5.41, 5.74) is 3.02. The minimum atomic E-state index is 0.699. The van der Waals surface area contributed by atoms with Crippen molar-refractivity contribution in [3.05, 3.63) is 35.5 Å². The Kier molecular flexibility index (Phi) is 6.46. The van der Waals surface area contributed by atoms with Gasteiger partial charge in [0.1, 0.15) is 0 Å². The summed E-state index contributed by atoms with van der Waals surface area (Å²) in [6.07, 6.45) is 14.5. The van der Waals surface area contributed by atoms with E-state index in [-0.39, 0.29) is 0 Å². The Hall–Kier alpha value is -0.780. The molecule has 18 heavy (non-hydrogen) atoms. The first kappa shape index (κ1) is 15.3. The second kappa shape index (κ2) is 7.61. The zero-order valence-electron chi connectivity index (χ0n) is 12.9. The highest BCUT2D eigenvalue weighted by Gasteiger charge is 2.13. The van der Waals surface area contributed by atoms with E-state index in [4.69, 9.17) is 0 Å². The van der Waals surface area contributed by atoms with Crippen molar-refractivity contribution in [1.29, 1.82) is 0 Å². The number of hydrogen-bond donors (Lipinski definition) is 0. The van der Waals surface area contributed by atoms with E-state index >= 15 is 0 Å². The summed E-state index contributed by atoms with van der Waals surface area (Å²) < 4.78 is 0. The van der Waals surface area contributed by atoms with Gasteiger partial charge in [0.05, 0.1) is 0 Å². The van der Waals surface area contributed by atoms with Crippen LogP contribution in [-0.4, -0.2) is 0 Å². The molecule has 0 amide bonds. The molecule has 1 rings (SSSR count). The molecule has 1 aliphatic rings. The van der Waals surface area contributed by atoms with Crippen LogP contribution in [-0.2, 0) is 0 Å². The summed E-state index contributed by atoms with van der Waals surface area (Å²) in [7, 11) is 0. The van der Waals surface area contributed by atoms with Gasteiger partial charge in [-0.1, -0.05) is 70.4 Å². The van der Waals surface area contributed by atoms with Crippen LogP contribution in [0.2, 0.25) is 0 Å². The third kappa shape index (κ3) is 4.48. The van der Waals surface area contributed by atoms with Gasteiger partial charge in [0.2, 0.25) is 0 Å². The normalized spacial score (nSPS) is 26.4. The lowest BCUT2D eigenvalue weighted by Crippen LogP contribution is -2.09. The topological polar surface area (TPSA) is 0 Å². The zero-order valence-corrected chi connectivity index (χ0v) is 12.9. The first-order valence-electron chi connectivity index (χ1n) is 7.61. The Morgan fingerprint density at radius 3 is 2.78 bits per heavy atom. The highest BCUT2D eigenvalue weighted by Crippen LogP contribution is 2.26. The second-order valence-corrected chi connectivity index (χ2v) is 6.01. The van der Waals surface area contributed by atoms with Gasteiger partial charge < -0.3 is 0 Å². The minimum absolute atomic E-state index is 0.699. The van der Waals surface area contributed by atoms with Gasteiger partial charge in [-0.3, -0.25) is 0 Å². The summed E-state index contributed by atoms with van der Waals surface area (Å²) in [6, 6.07) is 0. The van der Waals surface area contributed by atoms with E-state index in [2.05, 4.69) is 58.9 Å². The molecule has 0 aromatic heterocycles. The molecule has 0 heteroatoms. The van der Waals surface area contributed by atoms with Crippen LogP contribution in [0.5, 0.6) is 0 Å². The Bertz CT molecular complexity index is 330. The summed E-state index contributed by atoms with van der Waals surface area (Å²) in [5, 5.41) is 0. The van der Waals surface area contributed by atoms with Crippen molar-refractivity contribution >= 4 is 0 Å². The third-order valence-corrected chi connectivity index (χ3v) is 4.50. The van der Waals surface area contributed by atoms with Crippen LogP contribution < -0.4 is 0 Å². The Labute approximate surface area is 114 Å². The van der Waals surface area contributed by atoms with Crippen LogP contribution in [0, 0.1) is 17.8 Å². The van der Waals surface area contributed by atoms with Gasteiger partial charge in [-0.15, -0.1) is 0 Å². The van der Waals surface area contributed by atoms with Crippen molar-refractivity contribution in [3.63, 3.8) is 0 Å². The second-order valence-electron chi connectivity index (χ2n) is 6.01. The molecular formula is C18H30. The number of rotatable bonds is 5. The highest BCUT2D eigenvalue weighted by molar-refractivity contribution is 5.29. The minimum Gasteiger partial charge on any atom is -0.0842 e. The van der Waals surface area contributed by atoms with Crippen LogP contribution in [0.15, 0.2) is 35.5 Å².